The van der Waals surface area contributed by atoms with E-state index in [1.807, 2.05) is 19.2 Å². The van der Waals surface area contributed by atoms with E-state index < -0.39 is 34.5 Å². The molecule has 2 aliphatic carbocycles. The first-order valence-electron chi connectivity index (χ1n) is 13.1. The number of fused-ring (bicyclic) bond motifs is 1. The summed E-state index contributed by atoms with van der Waals surface area (Å²) in [5, 5.41) is 12.8. The van der Waals surface area contributed by atoms with E-state index in [1.165, 1.54) is 12.5 Å². The van der Waals surface area contributed by atoms with Crippen LogP contribution in [0.4, 0.5) is 5.69 Å². The number of nitrogens with zero attached hydrogens (tertiary/aromatic N) is 2. The monoisotopic (exact) mass is 496 g/mol. The summed E-state index contributed by atoms with van der Waals surface area (Å²) in [4.78, 5) is 29.8. The van der Waals surface area contributed by atoms with E-state index in [4.69, 9.17) is 14.2 Å². The van der Waals surface area contributed by atoms with Gasteiger partial charge in [-0.2, -0.15) is 0 Å². The van der Waals surface area contributed by atoms with Gasteiger partial charge in [0.2, 0.25) is 0 Å². The highest BCUT2D eigenvalue weighted by Gasteiger charge is 2.78. The van der Waals surface area contributed by atoms with Crippen molar-refractivity contribution in [1.29, 1.82) is 0 Å². The quantitative estimate of drug-likeness (QED) is 0.475. The average molecular weight is 497 g/mol. The molecule has 3 aliphatic heterocycles. The van der Waals surface area contributed by atoms with Crippen molar-refractivity contribution in [3.63, 3.8) is 0 Å². The molecule has 6 atom stereocenters. The zero-order chi connectivity index (χ0) is 25.5. The van der Waals surface area contributed by atoms with E-state index in [0.717, 1.165) is 43.8 Å². The molecule has 0 bridgehead atoms. The number of hydrogen-bond acceptors (Lipinski definition) is 8. The second-order valence-corrected chi connectivity index (χ2v) is 11.3. The van der Waals surface area contributed by atoms with Crippen LogP contribution >= 0.6 is 0 Å². The Morgan fingerprint density at radius 3 is 2.67 bits per heavy atom. The summed E-state index contributed by atoms with van der Waals surface area (Å²) in [6.07, 6.45) is 6.59. The van der Waals surface area contributed by atoms with Crippen molar-refractivity contribution in [2.24, 2.45) is 11.3 Å². The molecule has 0 radical (unpaired) electrons. The van der Waals surface area contributed by atoms with Crippen LogP contribution in [0, 0.1) is 11.3 Å². The molecular formula is C28H36N2O6. The van der Waals surface area contributed by atoms with Gasteiger partial charge in [0.15, 0.2) is 5.60 Å². The zero-order valence-corrected chi connectivity index (χ0v) is 21.5. The summed E-state index contributed by atoms with van der Waals surface area (Å²) in [6, 6.07) is 5.71. The van der Waals surface area contributed by atoms with Gasteiger partial charge in [-0.15, -0.1) is 0 Å². The number of benzene rings is 1. The standard InChI is InChI=1S/C28H36N2O6/c1-5-26-11-6-13-30-14-12-27(23(26)30)20-10-9-19(34-4)15-21(20)29(3)24(27)28(33,25(26)36-17(2)31)16-35-22(32)18-7-8-18/h6,9-11,15,18,23-25,33H,5,7-8,12-14,16H2,1-4H3/t23-,24+,25+,26+,27+,28?/m0/s1. The lowest BCUT2D eigenvalue weighted by Gasteiger charge is -2.64. The summed E-state index contributed by atoms with van der Waals surface area (Å²) in [5.74, 6) is -0.0732. The molecule has 3 heterocycles. The number of carbonyl (C=O) groups is 2. The van der Waals surface area contributed by atoms with Crippen molar-refractivity contribution in [3.05, 3.63) is 35.9 Å². The Bertz CT molecular complexity index is 1130. The second-order valence-electron chi connectivity index (χ2n) is 11.3. The van der Waals surface area contributed by atoms with Crippen molar-refractivity contribution in [2.75, 3.05) is 38.8 Å². The fourth-order valence-electron chi connectivity index (χ4n) is 8.23. The summed E-state index contributed by atoms with van der Waals surface area (Å²) < 4.78 is 17.5. The molecule has 1 N–H and O–H groups in total. The molecule has 0 aromatic heterocycles. The minimum Gasteiger partial charge on any atom is -0.497 e. The summed E-state index contributed by atoms with van der Waals surface area (Å²) in [5.41, 5.74) is -0.531. The van der Waals surface area contributed by atoms with Gasteiger partial charge in [0.25, 0.3) is 0 Å². The number of ether oxygens (including phenoxy) is 3. The first-order chi connectivity index (χ1) is 17.2. The van der Waals surface area contributed by atoms with Crippen LogP contribution < -0.4 is 9.64 Å². The zero-order valence-electron chi connectivity index (χ0n) is 21.5. The molecule has 3 fully saturated rings. The van der Waals surface area contributed by atoms with Gasteiger partial charge in [0.05, 0.1) is 19.1 Å². The number of rotatable bonds is 6. The van der Waals surface area contributed by atoms with E-state index in [9.17, 15) is 14.7 Å². The van der Waals surface area contributed by atoms with Gasteiger partial charge in [0.1, 0.15) is 18.5 Å². The predicted octanol–water partition coefficient (Wildman–Crippen LogP) is 2.42. The molecule has 194 valence electrons. The molecule has 2 saturated carbocycles. The third-order valence-electron chi connectivity index (χ3n) is 9.57. The minimum atomic E-state index is -1.62. The highest BCUT2D eigenvalue weighted by molar-refractivity contribution is 5.75. The summed E-state index contributed by atoms with van der Waals surface area (Å²) >= 11 is 0. The maximum Gasteiger partial charge on any atom is 0.309 e. The van der Waals surface area contributed by atoms with Gasteiger partial charge in [0, 0.05) is 49.1 Å². The lowest BCUT2D eigenvalue weighted by Crippen LogP contribution is -2.80. The van der Waals surface area contributed by atoms with Crippen molar-refractivity contribution in [2.45, 2.75) is 68.7 Å². The van der Waals surface area contributed by atoms with Gasteiger partial charge in [-0.1, -0.05) is 25.1 Å². The predicted molar refractivity (Wildman–Crippen MR) is 133 cm³/mol. The van der Waals surface area contributed by atoms with Crippen molar-refractivity contribution in [3.8, 4) is 5.75 Å². The number of methoxy groups -OCH3 is 1. The molecule has 1 spiro atoms. The number of likely N-dealkylation sites (N-methyl/N-ethyl adjacent to an activating group) is 1. The van der Waals surface area contributed by atoms with Gasteiger partial charge in [-0.05, 0) is 43.9 Å². The maximum absolute atomic E-state index is 12.8. The molecule has 8 nitrogen and oxygen atoms in total. The second kappa shape index (κ2) is 7.96. The summed E-state index contributed by atoms with van der Waals surface area (Å²) in [7, 11) is 3.63. The van der Waals surface area contributed by atoms with Gasteiger partial charge in [-0.25, -0.2) is 0 Å². The molecule has 1 saturated heterocycles. The van der Waals surface area contributed by atoms with E-state index >= 15 is 0 Å². The van der Waals surface area contributed by atoms with Crippen LogP contribution in [0.5, 0.6) is 5.75 Å². The molecule has 36 heavy (non-hydrogen) atoms. The first kappa shape index (κ1) is 23.8. The average Bonchev–Trinajstić information content (AvgIpc) is 3.61. The highest BCUT2D eigenvalue weighted by atomic mass is 16.6. The Kier molecular flexibility index (Phi) is 5.26. The van der Waals surface area contributed by atoms with Crippen molar-refractivity contribution >= 4 is 17.6 Å². The number of hydrogen-bond donors (Lipinski definition) is 1. The van der Waals surface area contributed by atoms with Crippen LogP contribution in [0.1, 0.15) is 45.1 Å². The Hall–Kier alpha value is -2.58. The van der Waals surface area contributed by atoms with Crippen molar-refractivity contribution in [1.82, 2.24) is 4.90 Å². The minimum absolute atomic E-state index is 0.0193. The normalized spacial score (nSPS) is 38.2. The Morgan fingerprint density at radius 2 is 2.00 bits per heavy atom. The Labute approximate surface area is 212 Å². The molecule has 1 unspecified atom stereocenters. The van der Waals surface area contributed by atoms with E-state index in [1.54, 1.807) is 7.11 Å². The topological polar surface area (TPSA) is 88.5 Å². The fourth-order valence-corrected chi connectivity index (χ4v) is 8.23. The largest absolute Gasteiger partial charge is 0.497 e. The fraction of sp³-hybridized carbons (Fsp3) is 0.643. The summed E-state index contributed by atoms with van der Waals surface area (Å²) in [6.45, 7) is 4.96. The van der Waals surface area contributed by atoms with Crippen molar-refractivity contribution < 1.29 is 28.9 Å². The number of carbonyl (C=O) groups excluding carboxylic acids is 2. The van der Waals surface area contributed by atoms with Crippen LogP contribution in [0.2, 0.25) is 0 Å². The molecule has 1 aromatic carbocycles. The smallest absolute Gasteiger partial charge is 0.309 e. The molecular weight excluding hydrogens is 460 g/mol. The Morgan fingerprint density at radius 1 is 1.22 bits per heavy atom. The molecule has 8 heteroatoms. The van der Waals surface area contributed by atoms with E-state index in [2.05, 4.69) is 34.9 Å². The first-order valence-corrected chi connectivity index (χ1v) is 13.1. The number of aliphatic hydroxyl groups is 1. The van der Waals surface area contributed by atoms with Crippen LogP contribution in [-0.2, 0) is 24.5 Å². The van der Waals surface area contributed by atoms with Gasteiger partial charge >= 0.3 is 11.9 Å². The Balaban J connectivity index is 1.58. The molecule has 6 rings (SSSR count). The number of anilines is 1. The highest BCUT2D eigenvalue weighted by Crippen LogP contribution is 2.67. The lowest BCUT2D eigenvalue weighted by molar-refractivity contribution is -0.232. The van der Waals surface area contributed by atoms with Gasteiger partial charge in [-0.3, -0.25) is 14.5 Å². The van der Waals surface area contributed by atoms with Gasteiger partial charge < -0.3 is 24.2 Å². The molecule has 0 amide bonds. The third-order valence-corrected chi connectivity index (χ3v) is 9.57. The van der Waals surface area contributed by atoms with Crippen LogP contribution in [0.3, 0.4) is 0 Å². The third kappa shape index (κ3) is 2.94. The van der Waals surface area contributed by atoms with Crippen LogP contribution in [0.15, 0.2) is 30.4 Å². The number of esters is 2. The maximum atomic E-state index is 12.8. The van der Waals surface area contributed by atoms with E-state index in [0.29, 0.717) is 6.42 Å². The van der Waals surface area contributed by atoms with E-state index in [-0.39, 0.29) is 24.5 Å². The lowest BCUT2D eigenvalue weighted by atomic mass is 9.48. The molecule has 1 aromatic rings. The van der Waals surface area contributed by atoms with Crippen LogP contribution in [-0.4, -0.2) is 79.6 Å². The molecule has 5 aliphatic rings. The SMILES string of the molecule is CC[C@]12C=CCN3CC[C@@]4(c5ccc(OC)cc5N(C)[C@H]4C(O)(COC(=O)C4CC4)[C@@H]1OC(C)=O)[C@@H]32. The van der Waals surface area contributed by atoms with Crippen LogP contribution in [0.25, 0.3) is 0 Å².